The number of pyridine rings is 1. The molecule has 1 aliphatic heterocycles. The van der Waals surface area contributed by atoms with E-state index in [4.69, 9.17) is 4.74 Å². The van der Waals surface area contributed by atoms with Gasteiger partial charge in [0.1, 0.15) is 23.8 Å². The molecule has 0 saturated carbocycles. The van der Waals surface area contributed by atoms with E-state index in [9.17, 15) is 9.59 Å². The molecule has 1 aromatic rings. The summed E-state index contributed by atoms with van der Waals surface area (Å²) >= 11 is 0. The first-order chi connectivity index (χ1) is 9.45. The van der Waals surface area contributed by atoms with Crippen LogP contribution >= 0.6 is 0 Å². The van der Waals surface area contributed by atoms with Gasteiger partial charge in [0.15, 0.2) is 0 Å². The molecule has 2 atom stereocenters. The van der Waals surface area contributed by atoms with Crippen molar-refractivity contribution in [2.75, 3.05) is 0 Å². The van der Waals surface area contributed by atoms with Crippen molar-refractivity contribution in [1.29, 1.82) is 0 Å². The molecule has 4 heteroatoms. The molecule has 1 aromatic heterocycles. The van der Waals surface area contributed by atoms with Crippen LogP contribution in [0.4, 0.5) is 0 Å². The average Bonchev–Trinajstić information content (AvgIpc) is 3.18. The van der Waals surface area contributed by atoms with E-state index < -0.39 is 5.41 Å². The molecule has 0 N–H and O–H groups in total. The number of allylic oxidation sites excluding steroid dienone is 1. The Morgan fingerprint density at radius 2 is 1.90 bits per heavy atom. The molecule has 0 aliphatic carbocycles. The van der Waals surface area contributed by atoms with Crippen LogP contribution in [0.15, 0.2) is 36.7 Å². The summed E-state index contributed by atoms with van der Waals surface area (Å²) in [6.07, 6.45) is 7.78. The van der Waals surface area contributed by atoms with E-state index in [1.165, 1.54) is 13.8 Å². The number of ketones is 2. The van der Waals surface area contributed by atoms with Crippen LogP contribution in [0.2, 0.25) is 0 Å². The van der Waals surface area contributed by atoms with Crippen LogP contribution in [0.1, 0.15) is 38.9 Å². The van der Waals surface area contributed by atoms with Gasteiger partial charge in [0, 0.05) is 12.4 Å². The molecule has 2 heterocycles. The summed E-state index contributed by atoms with van der Waals surface area (Å²) in [5.41, 5.74) is 0.174. The largest absolute Gasteiger partial charge is 0.360 e. The number of nitrogens with zero attached hydrogens (tertiary/aromatic N) is 1. The van der Waals surface area contributed by atoms with Crippen molar-refractivity contribution in [3.63, 3.8) is 0 Å². The number of aromatic nitrogens is 1. The normalized spacial score (nSPS) is 21.9. The van der Waals surface area contributed by atoms with Crippen molar-refractivity contribution in [3.8, 4) is 0 Å². The number of hydrogen-bond donors (Lipinski definition) is 0. The van der Waals surface area contributed by atoms with E-state index >= 15 is 0 Å². The summed E-state index contributed by atoms with van der Waals surface area (Å²) in [5, 5.41) is 0. The Bertz CT molecular complexity index is 522. The second-order valence-electron chi connectivity index (χ2n) is 5.38. The van der Waals surface area contributed by atoms with Crippen LogP contribution in [-0.2, 0) is 14.3 Å². The number of carbonyl (C=O) groups is 2. The number of rotatable bonds is 6. The fourth-order valence-corrected chi connectivity index (χ4v) is 2.06. The van der Waals surface area contributed by atoms with Gasteiger partial charge in [-0.1, -0.05) is 12.2 Å². The smallest absolute Gasteiger partial charge is 0.143 e. The number of hydrogen-bond acceptors (Lipinski definition) is 4. The first kappa shape index (κ1) is 14.6. The third-order valence-electron chi connectivity index (χ3n) is 3.97. The lowest BCUT2D eigenvalue weighted by Gasteiger charge is -2.21. The molecule has 2 unspecified atom stereocenters. The molecule has 106 valence electrons. The van der Waals surface area contributed by atoms with Gasteiger partial charge in [0.2, 0.25) is 0 Å². The van der Waals surface area contributed by atoms with Gasteiger partial charge < -0.3 is 4.74 Å². The van der Waals surface area contributed by atoms with Crippen LogP contribution < -0.4 is 0 Å². The predicted octanol–water partition coefficient (Wildman–Crippen LogP) is 2.65. The third-order valence-corrected chi connectivity index (χ3v) is 3.97. The van der Waals surface area contributed by atoms with E-state index in [0.717, 1.165) is 5.56 Å². The maximum absolute atomic E-state index is 11.6. The minimum absolute atomic E-state index is 0.0283. The quantitative estimate of drug-likeness (QED) is 0.454. The lowest BCUT2D eigenvalue weighted by atomic mass is 9.79. The van der Waals surface area contributed by atoms with Gasteiger partial charge in [-0.05, 0) is 44.9 Å². The maximum Gasteiger partial charge on any atom is 0.143 e. The SMILES string of the molecule is CC(=O)C(C)(C/C=C/C1OC1c1ccncc1)C(C)=O. The van der Waals surface area contributed by atoms with Crippen molar-refractivity contribution >= 4 is 11.6 Å². The van der Waals surface area contributed by atoms with E-state index in [2.05, 4.69) is 4.98 Å². The van der Waals surface area contributed by atoms with Crippen molar-refractivity contribution in [1.82, 2.24) is 4.98 Å². The molecular weight excluding hydrogens is 254 g/mol. The minimum Gasteiger partial charge on any atom is -0.360 e. The second kappa shape index (κ2) is 5.67. The summed E-state index contributed by atoms with van der Waals surface area (Å²) in [5.74, 6) is -0.200. The lowest BCUT2D eigenvalue weighted by Crippen LogP contribution is -2.32. The van der Waals surface area contributed by atoms with Crippen molar-refractivity contribution < 1.29 is 14.3 Å². The van der Waals surface area contributed by atoms with E-state index in [1.54, 1.807) is 19.3 Å². The predicted molar refractivity (Wildman–Crippen MR) is 75.1 cm³/mol. The third kappa shape index (κ3) is 3.02. The fourth-order valence-electron chi connectivity index (χ4n) is 2.06. The number of epoxide rings is 1. The summed E-state index contributed by atoms with van der Waals surface area (Å²) in [6, 6.07) is 3.85. The topological polar surface area (TPSA) is 59.6 Å². The van der Waals surface area contributed by atoms with Crippen LogP contribution in [0, 0.1) is 5.41 Å². The molecule has 20 heavy (non-hydrogen) atoms. The Kier molecular flexibility index (Phi) is 4.14. The Hall–Kier alpha value is -1.81. The highest BCUT2D eigenvalue weighted by atomic mass is 16.6. The molecule has 1 saturated heterocycles. The minimum atomic E-state index is -0.919. The fraction of sp³-hybridized carbons (Fsp3) is 0.438. The summed E-state index contributed by atoms with van der Waals surface area (Å²) in [6.45, 7) is 4.61. The number of Topliss-reactive ketones (excluding diaryl/α,β-unsaturated/α-hetero) is 2. The first-order valence-corrected chi connectivity index (χ1v) is 6.69. The van der Waals surface area contributed by atoms with E-state index in [1.807, 2.05) is 24.3 Å². The molecule has 0 spiro atoms. The molecule has 4 nitrogen and oxygen atoms in total. The average molecular weight is 273 g/mol. The molecule has 0 aromatic carbocycles. The molecule has 0 radical (unpaired) electrons. The Morgan fingerprint density at radius 3 is 2.45 bits per heavy atom. The molecule has 0 bridgehead atoms. The van der Waals surface area contributed by atoms with Crippen molar-refractivity contribution in [2.24, 2.45) is 5.41 Å². The van der Waals surface area contributed by atoms with Gasteiger partial charge in [0.25, 0.3) is 0 Å². The Balaban J connectivity index is 1.93. The molecule has 0 amide bonds. The Labute approximate surface area is 118 Å². The maximum atomic E-state index is 11.6. The highest BCUT2D eigenvalue weighted by Gasteiger charge is 2.38. The monoisotopic (exact) mass is 273 g/mol. The van der Waals surface area contributed by atoms with Crippen LogP contribution in [0.25, 0.3) is 0 Å². The van der Waals surface area contributed by atoms with Crippen molar-refractivity contribution in [3.05, 3.63) is 42.2 Å². The van der Waals surface area contributed by atoms with Crippen LogP contribution in [0.5, 0.6) is 0 Å². The number of carbonyl (C=O) groups excluding carboxylic acids is 2. The summed E-state index contributed by atoms with van der Waals surface area (Å²) in [4.78, 5) is 27.1. The van der Waals surface area contributed by atoms with Crippen LogP contribution in [0.3, 0.4) is 0 Å². The van der Waals surface area contributed by atoms with E-state index in [0.29, 0.717) is 6.42 Å². The Morgan fingerprint density at radius 1 is 1.30 bits per heavy atom. The highest BCUT2D eigenvalue weighted by Crippen LogP contribution is 2.39. The zero-order valence-electron chi connectivity index (χ0n) is 12.0. The molecule has 2 rings (SSSR count). The summed E-state index contributed by atoms with van der Waals surface area (Å²) in [7, 11) is 0. The molecule has 1 fully saturated rings. The molecular formula is C16H19NO3. The van der Waals surface area contributed by atoms with Gasteiger partial charge >= 0.3 is 0 Å². The zero-order valence-corrected chi connectivity index (χ0v) is 12.0. The van der Waals surface area contributed by atoms with Gasteiger partial charge in [-0.2, -0.15) is 0 Å². The van der Waals surface area contributed by atoms with E-state index in [-0.39, 0.29) is 23.8 Å². The number of ether oxygens (including phenoxy) is 1. The highest BCUT2D eigenvalue weighted by molar-refractivity contribution is 6.04. The van der Waals surface area contributed by atoms with Gasteiger partial charge in [0.05, 0.1) is 5.41 Å². The van der Waals surface area contributed by atoms with Gasteiger partial charge in [-0.25, -0.2) is 0 Å². The lowest BCUT2D eigenvalue weighted by molar-refractivity contribution is -0.137. The van der Waals surface area contributed by atoms with Gasteiger partial charge in [-0.3, -0.25) is 14.6 Å². The summed E-state index contributed by atoms with van der Waals surface area (Å²) < 4.78 is 5.55. The second-order valence-corrected chi connectivity index (χ2v) is 5.38. The molecule has 1 aliphatic rings. The van der Waals surface area contributed by atoms with Gasteiger partial charge in [-0.15, -0.1) is 0 Å². The standard InChI is InChI=1S/C16H19NO3/c1-11(18)16(3,12(2)19)8-4-5-14-15(20-14)13-6-9-17-10-7-13/h4-7,9-10,14-15H,8H2,1-3H3/b5-4+. The zero-order chi connectivity index (χ0) is 14.8. The van der Waals surface area contributed by atoms with Crippen LogP contribution in [-0.4, -0.2) is 22.7 Å². The first-order valence-electron chi connectivity index (χ1n) is 6.69. The van der Waals surface area contributed by atoms with Crippen molar-refractivity contribution in [2.45, 2.75) is 39.4 Å².